The third kappa shape index (κ3) is 7.17. The molecule has 0 saturated carbocycles. The Morgan fingerprint density at radius 1 is 0.517 bits per heavy atom. The van der Waals surface area contributed by atoms with Gasteiger partial charge in [-0.2, -0.15) is 0 Å². The topological polar surface area (TPSA) is 45.5 Å². The van der Waals surface area contributed by atoms with Gasteiger partial charge in [-0.3, -0.25) is 4.99 Å². The van der Waals surface area contributed by atoms with Gasteiger partial charge in [-0.05, 0) is 101 Å². The first kappa shape index (κ1) is 39.4. The highest BCUT2D eigenvalue weighted by Crippen LogP contribution is 2.45. The summed E-state index contributed by atoms with van der Waals surface area (Å²) in [5.74, 6) is 0.278. The van der Waals surface area contributed by atoms with E-state index in [1.54, 1.807) is 11.3 Å². The van der Waals surface area contributed by atoms with Gasteiger partial charge in [0.25, 0.3) is 0 Å². The molecule has 0 unspecified atom stereocenters. The predicted molar refractivity (Wildman–Crippen MR) is 260 cm³/mol. The maximum Gasteiger partial charge on any atom is 0.128 e. The van der Waals surface area contributed by atoms with Crippen molar-refractivity contribution in [3.8, 4) is 38.6 Å². The lowest BCUT2D eigenvalue weighted by atomic mass is 9.79. The Morgan fingerprint density at radius 3 is 1.77 bits per heavy atom. The minimum Gasteiger partial charge on any atom is -0.507 e. The lowest BCUT2D eigenvalue weighted by Crippen LogP contribution is -2.17. The summed E-state index contributed by atoms with van der Waals surface area (Å²) in [4.78, 5) is 10.7. The van der Waals surface area contributed by atoms with Crippen LogP contribution in [-0.2, 0) is 16.2 Å². The average molecular weight is 801 g/mol. The molecule has 0 amide bonds. The first-order valence-electron chi connectivity index (χ1n) is 21.0. The van der Waals surface area contributed by atoms with Crippen molar-refractivity contribution in [2.45, 2.75) is 78.6 Å². The van der Waals surface area contributed by atoms with E-state index < -0.39 is 0 Å². The third-order valence-corrected chi connectivity index (χ3v) is 12.9. The number of phenols is 1. The molecule has 60 heavy (non-hydrogen) atoms. The molecule has 0 aliphatic carbocycles. The SMILES string of the molecule is CC(C)(C)c1cc(C=Nc2c(-c3nc4c(-c5ccc(-c6cc7ccccc7c7ccccc67)cc5)cc(C(C)(C)C)cc4s3)ccc3ccccc23)c(O)c(C(C)(C)C)c1. The number of benzene rings is 8. The van der Waals surface area contributed by atoms with Crippen LogP contribution < -0.4 is 0 Å². The van der Waals surface area contributed by atoms with Crippen LogP contribution in [0.1, 0.15) is 84.6 Å². The van der Waals surface area contributed by atoms with Crippen LogP contribution >= 0.6 is 11.3 Å². The van der Waals surface area contributed by atoms with Crippen molar-refractivity contribution in [3.05, 3.63) is 162 Å². The fourth-order valence-corrected chi connectivity index (χ4v) is 9.44. The molecule has 0 bridgehead atoms. The fourth-order valence-electron chi connectivity index (χ4n) is 8.38. The zero-order valence-electron chi connectivity index (χ0n) is 36.1. The van der Waals surface area contributed by atoms with Crippen LogP contribution in [0.15, 0.2) is 145 Å². The first-order valence-corrected chi connectivity index (χ1v) is 21.8. The minimum absolute atomic E-state index is 0.0645. The number of thiazole rings is 1. The molecule has 0 spiro atoms. The van der Waals surface area contributed by atoms with Gasteiger partial charge < -0.3 is 5.11 Å². The van der Waals surface area contributed by atoms with E-state index in [4.69, 9.17) is 9.98 Å². The normalized spacial score (nSPS) is 12.8. The molecule has 1 aromatic heterocycles. The van der Waals surface area contributed by atoms with Crippen LogP contribution in [0.2, 0.25) is 0 Å². The van der Waals surface area contributed by atoms with E-state index in [9.17, 15) is 5.11 Å². The van der Waals surface area contributed by atoms with Crippen LogP contribution in [-0.4, -0.2) is 16.3 Å². The van der Waals surface area contributed by atoms with Gasteiger partial charge in [0, 0.05) is 33.9 Å². The van der Waals surface area contributed by atoms with E-state index in [0.29, 0.717) is 5.56 Å². The fraction of sp³-hybridized carbons (Fsp3) is 0.214. The number of hydrogen-bond donors (Lipinski definition) is 1. The van der Waals surface area contributed by atoms with Gasteiger partial charge in [0.1, 0.15) is 10.8 Å². The summed E-state index contributed by atoms with van der Waals surface area (Å²) in [6, 6.07) is 50.4. The van der Waals surface area contributed by atoms with Crippen molar-refractivity contribution in [1.82, 2.24) is 4.98 Å². The third-order valence-electron chi connectivity index (χ3n) is 11.9. The number of aliphatic imine (C=N–C) groups is 1. The number of hydrogen-bond acceptors (Lipinski definition) is 4. The molecule has 298 valence electrons. The summed E-state index contributed by atoms with van der Waals surface area (Å²) < 4.78 is 1.14. The molecular weight excluding hydrogens is 749 g/mol. The number of fused-ring (bicyclic) bond motifs is 5. The summed E-state index contributed by atoms with van der Waals surface area (Å²) in [6.07, 6.45) is 1.85. The highest BCUT2D eigenvalue weighted by molar-refractivity contribution is 7.21. The Morgan fingerprint density at radius 2 is 1.10 bits per heavy atom. The molecule has 0 radical (unpaired) electrons. The zero-order chi connectivity index (χ0) is 42.1. The van der Waals surface area contributed by atoms with Gasteiger partial charge in [-0.1, -0.05) is 172 Å². The van der Waals surface area contributed by atoms with Crippen molar-refractivity contribution in [1.29, 1.82) is 0 Å². The summed E-state index contributed by atoms with van der Waals surface area (Å²) in [5.41, 5.74) is 11.1. The molecule has 0 aliphatic rings. The summed E-state index contributed by atoms with van der Waals surface area (Å²) in [6.45, 7) is 19.9. The van der Waals surface area contributed by atoms with Crippen LogP contribution in [0.25, 0.3) is 75.4 Å². The second kappa shape index (κ2) is 14.6. The predicted octanol–water partition coefficient (Wildman–Crippen LogP) is 16.1. The molecule has 0 atom stereocenters. The van der Waals surface area contributed by atoms with Gasteiger partial charge in [0.15, 0.2) is 0 Å². The van der Waals surface area contributed by atoms with Crippen molar-refractivity contribution < 1.29 is 5.11 Å². The van der Waals surface area contributed by atoms with E-state index in [-0.39, 0.29) is 22.0 Å². The number of phenolic OH excluding ortho intramolecular Hbond substituents is 1. The monoisotopic (exact) mass is 800 g/mol. The Bertz CT molecular complexity index is 3150. The molecule has 0 fully saturated rings. The van der Waals surface area contributed by atoms with E-state index in [1.165, 1.54) is 38.2 Å². The van der Waals surface area contributed by atoms with Crippen LogP contribution in [0.5, 0.6) is 5.75 Å². The Balaban J connectivity index is 1.19. The average Bonchev–Trinajstić information content (AvgIpc) is 3.66. The van der Waals surface area contributed by atoms with Crippen LogP contribution in [0.3, 0.4) is 0 Å². The summed E-state index contributed by atoms with van der Waals surface area (Å²) in [7, 11) is 0. The first-order chi connectivity index (χ1) is 28.5. The number of aromatic hydroxyl groups is 1. The van der Waals surface area contributed by atoms with Crippen molar-refractivity contribution in [2.24, 2.45) is 4.99 Å². The van der Waals surface area contributed by atoms with Crippen molar-refractivity contribution in [3.63, 3.8) is 0 Å². The molecular formula is C56H52N2OS. The molecule has 3 nitrogen and oxygen atoms in total. The second-order valence-electron chi connectivity index (χ2n) is 19.3. The second-order valence-corrected chi connectivity index (χ2v) is 20.3. The van der Waals surface area contributed by atoms with Gasteiger partial charge >= 0.3 is 0 Å². The standard InChI is InChI=1S/C56H52N2OS/c1-54(2,3)39-28-38(52(59)48(31-39)56(7,8)9)33-57-50-42-19-13-10-16-34(42)26-27-45(50)53-58-51-47(30-40(55(4,5)6)32-49(51)60-53)36-24-22-35(23-25-36)46-29-37-17-11-12-18-41(37)43-20-14-15-21-44(43)46/h10-33,59H,1-9H3. The lowest BCUT2D eigenvalue weighted by molar-refractivity contribution is 0.444. The quantitative estimate of drug-likeness (QED) is 0.139. The van der Waals surface area contributed by atoms with Crippen molar-refractivity contribution in [2.75, 3.05) is 0 Å². The highest BCUT2D eigenvalue weighted by Gasteiger charge is 2.25. The van der Waals surface area contributed by atoms with Gasteiger partial charge in [0.05, 0.1) is 15.9 Å². The van der Waals surface area contributed by atoms with Crippen LogP contribution in [0, 0.1) is 0 Å². The van der Waals surface area contributed by atoms with Crippen molar-refractivity contribution >= 4 is 65.8 Å². The molecule has 0 aliphatic heterocycles. The Labute approximate surface area is 358 Å². The molecule has 4 heteroatoms. The summed E-state index contributed by atoms with van der Waals surface area (Å²) >= 11 is 1.72. The van der Waals surface area contributed by atoms with E-state index in [0.717, 1.165) is 59.5 Å². The Hall–Kier alpha value is -6.10. The molecule has 1 heterocycles. The van der Waals surface area contributed by atoms with Crippen LogP contribution in [0.4, 0.5) is 5.69 Å². The smallest absolute Gasteiger partial charge is 0.128 e. The molecule has 1 N–H and O–H groups in total. The maximum atomic E-state index is 11.7. The minimum atomic E-state index is -0.242. The summed E-state index contributed by atoms with van der Waals surface area (Å²) in [5, 5.41) is 19.8. The zero-order valence-corrected chi connectivity index (χ0v) is 36.9. The molecule has 9 aromatic rings. The number of aromatic nitrogens is 1. The maximum absolute atomic E-state index is 11.7. The van der Waals surface area contributed by atoms with E-state index >= 15 is 0 Å². The lowest BCUT2D eigenvalue weighted by Gasteiger charge is -2.27. The van der Waals surface area contributed by atoms with E-state index in [1.807, 2.05) is 6.21 Å². The molecule has 9 rings (SSSR count). The number of nitrogens with zero attached hydrogens (tertiary/aromatic N) is 2. The Kier molecular flexibility index (Phi) is 9.56. The largest absolute Gasteiger partial charge is 0.507 e. The van der Waals surface area contributed by atoms with Gasteiger partial charge in [-0.15, -0.1) is 11.3 Å². The highest BCUT2D eigenvalue weighted by atomic mass is 32.1. The number of rotatable bonds is 5. The van der Waals surface area contributed by atoms with E-state index in [2.05, 4.69) is 202 Å². The van der Waals surface area contributed by atoms with Gasteiger partial charge in [0.2, 0.25) is 0 Å². The molecule has 0 saturated heterocycles. The van der Waals surface area contributed by atoms with Gasteiger partial charge in [-0.25, -0.2) is 4.98 Å². The molecule has 8 aromatic carbocycles.